The Morgan fingerprint density at radius 1 is 1.20 bits per heavy atom. The van der Waals surface area contributed by atoms with E-state index in [2.05, 4.69) is 10.3 Å². The lowest BCUT2D eigenvalue weighted by Gasteiger charge is -2.31. The predicted octanol–water partition coefficient (Wildman–Crippen LogP) is 6.04. The first-order chi connectivity index (χ1) is 18.7. The van der Waals surface area contributed by atoms with E-state index in [1.165, 1.54) is 0 Å². The molecule has 1 aliphatic carbocycles. The first-order valence-electron chi connectivity index (χ1n) is 13.1. The minimum Gasteiger partial charge on any atom is -0.396 e. The van der Waals surface area contributed by atoms with Crippen molar-refractivity contribution >= 4 is 28.6 Å². The summed E-state index contributed by atoms with van der Waals surface area (Å²) in [7, 11) is 0. The van der Waals surface area contributed by atoms with Crippen LogP contribution < -0.4 is 5.32 Å². The Hall–Kier alpha value is -2.38. The second kappa shape index (κ2) is 11.8. The number of piperidine rings is 1. The van der Waals surface area contributed by atoms with Crippen LogP contribution in [0.2, 0.25) is 0 Å². The summed E-state index contributed by atoms with van der Waals surface area (Å²) in [6.45, 7) is 2.77. The molecule has 1 saturated carbocycles. The van der Waals surface area contributed by atoms with E-state index < -0.39 is 23.5 Å². The smallest absolute Gasteiger partial charge is 0.396 e. The molecule has 13 heteroatoms. The molecular weight excluding hydrogens is 560 g/mol. The number of hydrogen-bond acceptors (Lipinski definition) is 6. The van der Waals surface area contributed by atoms with Gasteiger partial charge in [0.25, 0.3) is 5.24 Å². The molecule has 40 heavy (non-hydrogen) atoms. The molecule has 3 fully saturated rings. The molecule has 3 aliphatic rings. The third kappa shape index (κ3) is 7.67. The summed E-state index contributed by atoms with van der Waals surface area (Å²) in [5.74, 6) is 0.636. The largest absolute Gasteiger partial charge is 0.416 e. The number of aliphatic imine (C=N–C) groups is 1. The van der Waals surface area contributed by atoms with Gasteiger partial charge in [-0.3, -0.25) is 19.5 Å². The molecule has 2 saturated heterocycles. The summed E-state index contributed by atoms with van der Waals surface area (Å²) < 4.78 is 79.4. The first kappa shape index (κ1) is 30.6. The molecule has 2 heterocycles. The van der Waals surface area contributed by atoms with Gasteiger partial charge in [0.1, 0.15) is 5.84 Å². The van der Waals surface area contributed by atoms with Gasteiger partial charge in [-0.25, -0.2) is 0 Å². The van der Waals surface area contributed by atoms with E-state index in [1.807, 2.05) is 13.0 Å². The number of amidine groups is 1. The summed E-state index contributed by atoms with van der Waals surface area (Å²) in [6, 6.07) is 1.73. The Morgan fingerprint density at radius 3 is 2.52 bits per heavy atom. The monoisotopic (exact) mass is 591 g/mol. The number of amides is 1. The van der Waals surface area contributed by atoms with Crippen LogP contribution in [-0.2, 0) is 23.7 Å². The molecule has 0 radical (unpaired) electrons. The number of halogens is 6. The number of nitrogens with one attached hydrogen (secondary N) is 1. The zero-order valence-electron chi connectivity index (χ0n) is 21.9. The number of rotatable bonds is 9. The van der Waals surface area contributed by atoms with E-state index in [0.29, 0.717) is 61.5 Å². The Bertz CT molecular complexity index is 1190. The van der Waals surface area contributed by atoms with Crippen molar-refractivity contribution in [3.8, 4) is 0 Å². The Balaban J connectivity index is 1.34. The molecule has 0 spiro atoms. The lowest BCUT2D eigenvalue weighted by molar-refractivity contribution is -0.143. The number of aliphatic hydroxyl groups is 1. The second-order valence-corrected chi connectivity index (χ2v) is 12.0. The molecule has 2 unspecified atom stereocenters. The van der Waals surface area contributed by atoms with Crippen molar-refractivity contribution in [2.24, 2.45) is 22.2 Å². The third-order valence-electron chi connectivity index (χ3n) is 7.84. The van der Waals surface area contributed by atoms with E-state index in [0.717, 1.165) is 24.2 Å². The van der Waals surface area contributed by atoms with Crippen molar-refractivity contribution in [3.63, 3.8) is 0 Å². The fourth-order valence-electron chi connectivity index (χ4n) is 5.45. The van der Waals surface area contributed by atoms with Crippen molar-refractivity contribution in [2.45, 2.75) is 57.9 Å². The van der Waals surface area contributed by atoms with Gasteiger partial charge in [0.2, 0.25) is 0 Å². The molecule has 0 aromatic heterocycles. The number of carbonyl (C=O) groups is 2. The van der Waals surface area contributed by atoms with Gasteiger partial charge < -0.3 is 10.4 Å². The summed E-state index contributed by atoms with van der Waals surface area (Å²) in [5, 5.41) is 11.4. The van der Waals surface area contributed by atoms with Crippen LogP contribution in [0.15, 0.2) is 34.2 Å². The lowest BCUT2D eigenvalue weighted by Crippen LogP contribution is -2.33. The molecule has 1 amide bonds. The summed E-state index contributed by atoms with van der Waals surface area (Å²) in [5.41, 5.74) is -2.94. The van der Waals surface area contributed by atoms with Gasteiger partial charge in [-0.15, -0.1) is 0 Å². The average Bonchev–Trinajstić information content (AvgIpc) is 3.34. The van der Waals surface area contributed by atoms with E-state index in [1.54, 1.807) is 4.90 Å². The molecule has 4 rings (SSSR count). The Kier molecular flexibility index (Phi) is 9.06. The molecule has 1 aromatic rings. The maximum absolute atomic E-state index is 13.5. The second-order valence-electron chi connectivity index (χ2n) is 11.0. The van der Waals surface area contributed by atoms with Gasteiger partial charge in [-0.2, -0.15) is 26.3 Å². The lowest BCUT2D eigenvalue weighted by atomic mass is 9.95. The van der Waals surface area contributed by atoms with Crippen LogP contribution >= 0.6 is 11.8 Å². The molecule has 2 N–H and O–H groups in total. The van der Waals surface area contributed by atoms with E-state index in [-0.39, 0.29) is 53.7 Å². The number of thioether (sulfide) groups is 1. The first-order valence-corrected chi connectivity index (χ1v) is 13.9. The van der Waals surface area contributed by atoms with Crippen LogP contribution in [0.3, 0.4) is 0 Å². The molecule has 6 nitrogen and oxygen atoms in total. The quantitative estimate of drug-likeness (QED) is 0.342. The molecular formula is C27H31F6N3O3S. The Labute approximate surface area is 232 Å². The fourth-order valence-corrected chi connectivity index (χ4v) is 6.27. The topological polar surface area (TPSA) is 82.0 Å². The number of carbonyl (C=O) groups excluding carboxylic acids is 2. The molecule has 220 valence electrons. The number of alkyl halides is 6. The molecule has 2 aliphatic heterocycles. The van der Waals surface area contributed by atoms with Gasteiger partial charge in [0, 0.05) is 19.6 Å². The standard InChI is InChI=1S/C27H31F6N3O3S/c1-25(12-19(25)6-9-37)13-20(38)14-34-23-22(40-24(39)35-23)10-16-4-7-36(8-5-16)15-17-2-3-18(26(28,29)30)11-21(17)27(31,32)33/h2-3,10-11,16,19,37H,4-9,12-15H2,1H3,(H,34,35,39). The van der Waals surface area contributed by atoms with Gasteiger partial charge >= 0.3 is 12.4 Å². The minimum absolute atomic E-state index is 0.0201. The number of nitrogens with zero attached hydrogens (tertiary/aromatic N) is 2. The zero-order chi connectivity index (χ0) is 29.3. The van der Waals surface area contributed by atoms with Gasteiger partial charge in [-0.1, -0.05) is 19.1 Å². The third-order valence-corrected chi connectivity index (χ3v) is 8.68. The van der Waals surface area contributed by atoms with Crippen LogP contribution in [-0.4, -0.2) is 53.1 Å². The number of allylic oxidation sites excluding steroid dienone is 1. The highest BCUT2D eigenvalue weighted by molar-refractivity contribution is 8.18. The van der Waals surface area contributed by atoms with Crippen LogP contribution in [0.25, 0.3) is 0 Å². The molecule has 2 atom stereocenters. The summed E-state index contributed by atoms with van der Waals surface area (Å²) in [4.78, 5) is 31.2. The predicted molar refractivity (Wildman–Crippen MR) is 138 cm³/mol. The number of aliphatic hydroxyl groups excluding tert-OH is 1. The molecule has 0 bridgehead atoms. The number of likely N-dealkylation sites (tertiary alicyclic amines) is 1. The van der Waals surface area contributed by atoms with Gasteiger partial charge in [0.05, 0.1) is 22.6 Å². The number of Topliss-reactive ketones (excluding diaryl/α,β-unsaturated/α-hetero) is 1. The highest BCUT2D eigenvalue weighted by Crippen LogP contribution is 2.56. The summed E-state index contributed by atoms with van der Waals surface area (Å²) >= 11 is 0.974. The van der Waals surface area contributed by atoms with Crippen molar-refractivity contribution in [3.05, 3.63) is 45.9 Å². The van der Waals surface area contributed by atoms with Crippen LogP contribution in [0.4, 0.5) is 31.1 Å². The SMILES string of the molecule is CC1(CC(=O)CN=C2NC(=O)SC2=CC2CCN(Cc3ccc(C(F)(F)F)cc3C(F)(F)F)CC2)CC1CCO. The molecule has 1 aromatic carbocycles. The minimum atomic E-state index is -4.91. The van der Waals surface area contributed by atoms with Crippen molar-refractivity contribution < 1.29 is 41.0 Å². The number of hydrogen-bond donors (Lipinski definition) is 2. The van der Waals surface area contributed by atoms with Crippen LogP contribution in [0.5, 0.6) is 0 Å². The van der Waals surface area contributed by atoms with E-state index in [4.69, 9.17) is 5.11 Å². The maximum Gasteiger partial charge on any atom is 0.416 e. The van der Waals surface area contributed by atoms with Crippen molar-refractivity contribution in [1.82, 2.24) is 10.2 Å². The average molecular weight is 592 g/mol. The van der Waals surface area contributed by atoms with Crippen molar-refractivity contribution in [2.75, 3.05) is 26.2 Å². The Morgan fingerprint density at radius 2 is 1.90 bits per heavy atom. The van der Waals surface area contributed by atoms with E-state index >= 15 is 0 Å². The number of benzene rings is 1. The van der Waals surface area contributed by atoms with E-state index in [9.17, 15) is 35.9 Å². The van der Waals surface area contributed by atoms with Crippen LogP contribution in [0, 0.1) is 17.3 Å². The number of ketones is 1. The van der Waals surface area contributed by atoms with Crippen LogP contribution in [0.1, 0.15) is 55.7 Å². The van der Waals surface area contributed by atoms with Gasteiger partial charge in [0.15, 0.2) is 5.78 Å². The normalized spacial score (nSPS) is 26.5. The zero-order valence-corrected chi connectivity index (χ0v) is 22.7. The van der Waals surface area contributed by atoms with Gasteiger partial charge in [-0.05, 0) is 85.5 Å². The maximum atomic E-state index is 13.5. The highest BCUT2D eigenvalue weighted by Gasteiger charge is 2.50. The fraction of sp³-hybridized carbons (Fsp3) is 0.593. The highest BCUT2D eigenvalue weighted by atomic mass is 32.2. The summed E-state index contributed by atoms with van der Waals surface area (Å²) in [6.07, 6.45) is -4.80. The van der Waals surface area contributed by atoms with Crippen molar-refractivity contribution in [1.29, 1.82) is 0 Å².